The van der Waals surface area contributed by atoms with Crippen molar-refractivity contribution in [3.05, 3.63) is 76.0 Å². The van der Waals surface area contributed by atoms with Gasteiger partial charge in [-0.2, -0.15) is 0 Å². The number of aromatic nitrogens is 1. The van der Waals surface area contributed by atoms with Crippen molar-refractivity contribution in [3.8, 4) is 0 Å². The first-order valence-electron chi connectivity index (χ1n) is 6.96. The van der Waals surface area contributed by atoms with Crippen LogP contribution in [0.3, 0.4) is 0 Å². The van der Waals surface area contributed by atoms with Crippen molar-refractivity contribution in [2.75, 3.05) is 5.32 Å². The van der Waals surface area contributed by atoms with Crippen molar-refractivity contribution in [3.63, 3.8) is 0 Å². The molecule has 6 nitrogen and oxygen atoms in total. The van der Waals surface area contributed by atoms with Crippen molar-refractivity contribution in [2.45, 2.75) is 6.92 Å². The number of benzene rings is 2. The normalized spacial score (nSPS) is 10.5. The monoisotopic (exact) mass is 307 g/mol. The molecule has 0 radical (unpaired) electrons. The van der Waals surface area contributed by atoms with E-state index in [9.17, 15) is 14.9 Å². The first kappa shape index (κ1) is 14.6. The smallest absolute Gasteiger partial charge is 0.295 e. The number of non-ortho nitro benzene ring substituents is 1. The summed E-state index contributed by atoms with van der Waals surface area (Å²) in [4.78, 5) is 27.0. The number of carbonyl (C=O) groups is 1. The van der Waals surface area contributed by atoms with Gasteiger partial charge in [-0.3, -0.25) is 14.9 Å². The van der Waals surface area contributed by atoms with Gasteiger partial charge in [0.05, 0.1) is 10.6 Å². The van der Waals surface area contributed by atoms with E-state index in [0.29, 0.717) is 16.6 Å². The van der Waals surface area contributed by atoms with Crippen LogP contribution in [0.25, 0.3) is 10.9 Å². The minimum Gasteiger partial charge on any atom is -0.321 e. The summed E-state index contributed by atoms with van der Waals surface area (Å²) in [6.45, 7) is 1.94. The minimum absolute atomic E-state index is 0.0889. The van der Waals surface area contributed by atoms with Gasteiger partial charge in [0, 0.05) is 23.2 Å². The van der Waals surface area contributed by atoms with E-state index in [1.165, 1.54) is 18.3 Å². The van der Waals surface area contributed by atoms with Gasteiger partial charge in [-0.15, -0.1) is 0 Å². The molecule has 1 heterocycles. The third-order valence-corrected chi connectivity index (χ3v) is 3.51. The molecule has 0 saturated carbocycles. The third kappa shape index (κ3) is 2.87. The maximum absolute atomic E-state index is 12.3. The Balaban J connectivity index is 2.00. The number of hydrogen-bond acceptors (Lipinski definition) is 4. The van der Waals surface area contributed by atoms with E-state index in [2.05, 4.69) is 10.3 Å². The Morgan fingerprint density at radius 1 is 1.13 bits per heavy atom. The number of pyridine rings is 1. The molecular weight excluding hydrogens is 294 g/mol. The lowest BCUT2D eigenvalue weighted by atomic mass is 10.1. The predicted octanol–water partition coefficient (Wildman–Crippen LogP) is 3.70. The lowest BCUT2D eigenvalue weighted by Gasteiger charge is -2.09. The first-order chi connectivity index (χ1) is 11.1. The van der Waals surface area contributed by atoms with E-state index in [1.807, 2.05) is 19.1 Å². The number of amides is 1. The Labute approximate surface area is 131 Å². The van der Waals surface area contributed by atoms with E-state index in [-0.39, 0.29) is 17.1 Å². The van der Waals surface area contributed by atoms with Gasteiger partial charge in [-0.1, -0.05) is 17.7 Å². The number of carbonyl (C=O) groups excluding carboxylic acids is 1. The molecule has 23 heavy (non-hydrogen) atoms. The van der Waals surface area contributed by atoms with E-state index in [4.69, 9.17) is 0 Å². The number of nitro benzene ring substituents is 1. The topological polar surface area (TPSA) is 85.1 Å². The number of aryl methyl sites for hydroxylation is 1. The summed E-state index contributed by atoms with van der Waals surface area (Å²) >= 11 is 0. The maximum Gasteiger partial charge on any atom is 0.295 e. The molecular formula is C17H13N3O3. The van der Waals surface area contributed by atoms with Gasteiger partial charge in [0.1, 0.15) is 5.52 Å². The summed E-state index contributed by atoms with van der Waals surface area (Å²) in [6.07, 6.45) is 1.49. The van der Waals surface area contributed by atoms with Crippen molar-refractivity contribution < 1.29 is 9.72 Å². The Morgan fingerprint density at radius 3 is 2.57 bits per heavy atom. The number of nitrogens with one attached hydrogen (secondary N) is 1. The summed E-state index contributed by atoms with van der Waals surface area (Å²) < 4.78 is 0. The van der Waals surface area contributed by atoms with Gasteiger partial charge < -0.3 is 5.32 Å². The second-order valence-electron chi connectivity index (χ2n) is 5.11. The van der Waals surface area contributed by atoms with E-state index in [1.54, 1.807) is 24.3 Å². The van der Waals surface area contributed by atoms with Crippen LogP contribution in [0.4, 0.5) is 11.4 Å². The van der Waals surface area contributed by atoms with Crippen LogP contribution in [0.15, 0.2) is 54.7 Å². The molecule has 6 heteroatoms. The Bertz CT molecular complexity index is 905. The fourth-order valence-electron chi connectivity index (χ4n) is 2.31. The molecule has 3 aromatic rings. The van der Waals surface area contributed by atoms with Gasteiger partial charge in [0.2, 0.25) is 0 Å². The van der Waals surface area contributed by atoms with Gasteiger partial charge in [0.15, 0.2) is 0 Å². The van der Waals surface area contributed by atoms with E-state index < -0.39 is 4.92 Å². The first-order valence-corrected chi connectivity index (χ1v) is 6.96. The SMILES string of the molecule is Cc1ccc(C(=O)Nc2ccc([N+](=O)[O-])c3ncccc23)cc1. The Morgan fingerprint density at radius 2 is 1.87 bits per heavy atom. The van der Waals surface area contributed by atoms with E-state index >= 15 is 0 Å². The second kappa shape index (κ2) is 5.84. The van der Waals surface area contributed by atoms with Crippen LogP contribution in [0.5, 0.6) is 0 Å². The Hall–Kier alpha value is -3.28. The number of nitro groups is 1. The van der Waals surface area contributed by atoms with Crippen molar-refractivity contribution >= 4 is 28.2 Å². The number of rotatable bonds is 3. The molecule has 0 aliphatic heterocycles. The van der Waals surface area contributed by atoms with Gasteiger partial charge in [0.25, 0.3) is 11.6 Å². The number of fused-ring (bicyclic) bond motifs is 1. The molecule has 1 N–H and O–H groups in total. The molecule has 0 fully saturated rings. The maximum atomic E-state index is 12.3. The van der Waals surface area contributed by atoms with Crippen LogP contribution in [-0.4, -0.2) is 15.8 Å². The second-order valence-corrected chi connectivity index (χ2v) is 5.11. The lowest BCUT2D eigenvalue weighted by Crippen LogP contribution is -2.12. The fraction of sp³-hybridized carbons (Fsp3) is 0.0588. The lowest BCUT2D eigenvalue weighted by molar-refractivity contribution is -0.383. The molecule has 0 saturated heterocycles. The molecule has 0 bridgehead atoms. The summed E-state index contributed by atoms with van der Waals surface area (Å²) in [5.74, 6) is -0.274. The number of anilines is 1. The highest BCUT2D eigenvalue weighted by atomic mass is 16.6. The minimum atomic E-state index is -0.485. The van der Waals surface area contributed by atoms with Crippen LogP contribution in [-0.2, 0) is 0 Å². The Kier molecular flexibility index (Phi) is 3.72. The highest BCUT2D eigenvalue weighted by molar-refractivity contribution is 6.09. The quantitative estimate of drug-likeness (QED) is 0.590. The molecule has 0 spiro atoms. The van der Waals surface area contributed by atoms with Gasteiger partial charge in [-0.25, -0.2) is 4.98 Å². The van der Waals surface area contributed by atoms with E-state index in [0.717, 1.165) is 5.56 Å². The molecule has 1 amide bonds. The highest BCUT2D eigenvalue weighted by Gasteiger charge is 2.16. The molecule has 0 atom stereocenters. The van der Waals surface area contributed by atoms with Crippen molar-refractivity contribution in [1.29, 1.82) is 0 Å². The van der Waals surface area contributed by atoms with Crippen molar-refractivity contribution in [2.24, 2.45) is 0 Å². The fourth-order valence-corrected chi connectivity index (χ4v) is 2.31. The average Bonchev–Trinajstić information content (AvgIpc) is 2.55. The molecule has 3 rings (SSSR count). The summed E-state index contributed by atoms with van der Waals surface area (Å²) in [5, 5.41) is 14.4. The van der Waals surface area contributed by atoms with Crippen LogP contribution in [0.1, 0.15) is 15.9 Å². The van der Waals surface area contributed by atoms with Crippen LogP contribution in [0.2, 0.25) is 0 Å². The van der Waals surface area contributed by atoms with Crippen LogP contribution in [0, 0.1) is 17.0 Å². The molecule has 0 unspecified atom stereocenters. The zero-order valence-corrected chi connectivity index (χ0v) is 12.3. The standard InChI is InChI=1S/C17H13N3O3/c1-11-4-6-12(7-5-11)17(21)19-14-8-9-15(20(22)23)16-13(14)3-2-10-18-16/h2-10H,1H3,(H,19,21). The predicted molar refractivity (Wildman–Crippen MR) is 87.5 cm³/mol. The highest BCUT2D eigenvalue weighted by Crippen LogP contribution is 2.29. The largest absolute Gasteiger partial charge is 0.321 e. The molecule has 0 aliphatic rings. The molecule has 1 aromatic heterocycles. The summed E-state index contributed by atoms with van der Waals surface area (Å²) in [5.41, 5.74) is 2.23. The molecule has 2 aromatic carbocycles. The average molecular weight is 307 g/mol. The number of nitrogens with zero attached hydrogens (tertiary/aromatic N) is 2. The zero-order valence-electron chi connectivity index (χ0n) is 12.3. The number of hydrogen-bond donors (Lipinski definition) is 1. The van der Waals surface area contributed by atoms with Gasteiger partial charge >= 0.3 is 0 Å². The van der Waals surface area contributed by atoms with Crippen molar-refractivity contribution in [1.82, 2.24) is 4.98 Å². The van der Waals surface area contributed by atoms with Gasteiger partial charge in [-0.05, 0) is 37.3 Å². The molecule has 0 aliphatic carbocycles. The van der Waals surface area contributed by atoms with Crippen LogP contribution < -0.4 is 5.32 Å². The zero-order chi connectivity index (χ0) is 16.4. The summed E-state index contributed by atoms with van der Waals surface area (Å²) in [7, 11) is 0. The third-order valence-electron chi connectivity index (χ3n) is 3.51. The van der Waals surface area contributed by atoms with Crippen LogP contribution >= 0.6 is 0 Å². The summed E-state index contributed by atoms with van der Waals surface area (Å²) in [6, 6.07) is 13.4. The molecule has 114 valence electrons.